The van der Waals surface area contributed by atoms with Crippen molar-refractivity contribution < 1.29 is 23.1 Å². The van der Waals surface area contributed by atoms with E-state index in [1.54, 1.807) is 41.2 Å². The number of fused-ring (bicyclic) bond motifs is 1. The van der Waals surface area contributed by atoms with E-state index in [2.05, 4.69) is 15.1 Å². The number of aromatic hydroxyl groups is 1. The quantitative estimate of drug-likeness (QED) is 0.415. The summed E-state index contributed by atoms with van der Waals surface area (Å²) in [6.45, 7) is 4.05. The van der Waals surface area contributed by atoms with Crippen LogP contribution in [0.5, 0.6) is 5.75 Å². The van der Waals surface area contributed by atoms with Crippen molar-refractivity contribution in [3.05, 3.63) is 76.7 Å². The van der Waals surface area contributed by atoms with Gasteiger partial charge in [0.2, 0.25) is 5.91 Å². The van der Waals surface area contributed by atoms with Crippen LogP contribution in [0.4, 0.5) is 24.7 Å². The van der Waals surface area contributed by atoms with Gasteiger partial charge in [0, 0.05) is 54.1 Å². The lowest BCUT2D eigenvalue weighted by Crippen LogP contribution is -2.32. The van der Waals surface area contributed by atoms with Crippen molar-refractivity contribution in [3.63, 3.8) is 0 Å². The molecule has 0 spiro atoms. The third-order valence-electron chi connectivity index (χ3n) is 7.67. The van der Waals surface area contributed by atoms with E-state index in [4.69, 9.17) is 11.6 Å². The topological polar surface area (TPSA) is 86.9 Å². The standard InChI is InChI=1S/C27H24ClF3N6O2/c1-13-24(22-18(25(30)31)3-4-20(28)23(22)29)35(6-5-32-13)17-10-34-37(12-17)14(2)15-8-21(38)26(33-9-15)36-11-16-7-19(16)27(36)39/h3-6,8-10,12,14,16,19,24-25,38H,7,11H2,1-2H3/t14-,16-,19-,24?/m1/s1. The minimum absolute atomic E-state index is 0.00516. The normalized spacial score (nSPS) is 22.9. The Labute approximate surface area is 227 Å². The zero-order chi connectivity index (χ0) is 27.6. The van der Waals surface area contributed by atoms with Crippen LogP contribution >= 0.6 is 11.6 Å². The molecule has 1 saturated carbocycles. The number of pyridine rings is 1. The van der Waals surface area contributed by atoms with Crippen molar-refractivity contribution >= 4 is 34.7 Å². The van der Waals surface area contributed by atoms with E-state index >= 15 is 4.39 Å². The van der Waals surface area contributed by atoms with Crippen molar-refractivity contribution in [2.45, 2.75) is 38.8 Å². The molecule has 6 rings (SSSR count). The fraction of sp³-hybridized carbons (Fsp3) is 0.333. The second-order valence-corrected chi connectivity index (χ2v) is 10.5. The van der Waals surface area contributed by atoms with Crippen LogP contribution in [0, 0.1) is 17.7 Å². The first-order valence-electron chi connectivity index (χ1n) is 12.4. The second kappa shape index (κ2) is 9.41. The smallest absolute Gasteiger partial charge is 0.264 e. The van der Waals surface area contributed by atoms with Gasteiger partial charge in [0.25, 0.3) is 6.43 Å². The highest BCUT2D eigenvalue weighted by atomic mass is 35.5. The van der Waals surface area contributed by atoms with Gasteiger partial charge in [-0.1, -0.05) is 17.7 Å². The molecule has 0 bridgehead atoms. The number of benzene rings is 1. The molecule has 1 unspecified atom stereocenters. The molecule has 4 atom stereocenters. The molecular formula is C27H24ClF3N6O2. The predicted molar refractivity (Wildman–Crippen MR) is 140 cm³/mol. The molecular weight excluding hydrogens is 533 g/mol. The van der Waals surface area contributed by atoms with Gasteiger partial charge in [-0.2, -0.15) is 5.10 Å². The van der Waals surface area contributed by atoms with Crippen molar-refractivity contribution in [2.24, 2.45) is 16.8 Å². The van der Waals surface area contributed by atoms with Gasteiger partial charge in [0.05, 0.1) is 22.9 Å². The maximum absolute atomic E-state index is 15.2. The number of carbonyl (C=O) groups is 1. The molecule has 1 aromatic carbocycles. The molecule has 1 N–H and O–H groups in total. The Morgan fingerprint density at radius 2 is 2.03 bits per heavy atom. The van der Waals surface area contributed by atoms with E-state index in [0.717, 1.165) is 18.6 Å². The summed E-state index contributed by atoms with van der Waals surface area (Å²) in [6, 6.07) is 2.45. The van der Waals surface area contributed by atoms with Gasteiger partial charge in [-0.25, -0.2) is 18.2 Å². The molecule has 3 aliphatic rings. The van der Waals surface area contributed by atoms with E-state index in [1.165, 1.54) is 17.3 Å². The summed E-state index contributed by atoms with van der Waals surface area (Å²) < 4.78 is 44.6. The molecule has 39 heavy (non-hydrogen) atoms. The lowest BCUT2D eigenvalue weighted by molar-refractivity contribution is -0.118. The van der Waals surface area contributed by atoms with E-state index in [9.17, 15) is 18.7 Å². The first kappa shape index (κ1) is 25.4. The van der Waals surface area contributed by atoms with Crippen LogP contribution in [-0.2, 0) is 4.79 Å². The monoisotopic (exact) mass is 556 g/mol. The molecule has 2 fully saturated rings. The third-order valence-corrected chi connectivity index (χ3v) is 7.96. The van der Waals surface area contributed by atoms with Crippen LogP contribution in [-0.4, -0.2) is 38.0 Å². The largest absolute Gasteiger partial charge is 0.504 e. The maximum Gasteiger partial charge on any atom is 0.264 e. The van der Waals surface area contributed by atoms with Crippen molar-refractivity contribution in [3.8, 4) is 5.75 Å². The molecule has 202 valence electrons. The van der Waals surface area contributed by atoms with Gasteiger partial charge in [-0.15, -0.1) is 0 Å². The lowest BCUT2D eigenvalue weighted by Gasteiger charge is -2.33. The average molecular weight is 557 g/mol. The second-order valence-electron chi connectivity index (χ2n) is 10.1. The number of nitrogens with zero attached hydrogens (tertiary/aromatic N) is 6. The maximum atomic E-state index is 15.2. The molecule has 2 aliphatic heterocycles. The highest BCUT2D eigenvalue weighted by Gasteiger charge is 2.53. The number of hydrogen-bond donors (Lipinski definition) is 1. The lowest BCUT2D eigenvalue weighted by atomic mass is 9.94. The Morgan fingerprint density at radius 3 is 2.72 bits per heavy atom. The first-order valence-corrected chi connectivity index (χ1v) is 12.8. The summed E-state index contributed by atoms with van der Waals surface area (Å²) >= 11 is 5.99. The van der Waals surface area contributed by atoms with Gasteiger partial charge in [-0.3, -0.25) is 19.4 Å². The molecule has 12 heteroatoms. The van der Waals surface area contributed by atoms with E-state index < -0.39 is 23.8 Å². The van der Waals surface area contributed by atoms with Crippen molar-refractivity contribution in [2.75, 3.05) is 16.3 Å². The minimum Gasteiger partial charge on any atom is -0.504 e. The van der Waals surface area contributed by atoms with E-state index in [1.807, 2.05) is 6.92 Å². The van der Waals surface area contributed by atoms with Gasteiger partial charge < -0.3 is 10.0 Å². The van der Waals surface area contributed by atoms with E-state index in [-0.39, 0.29) is 40.0 Å². The highest BCUT2D eigenvalue weighted by molar-refractivity contribution is 6.30. The fourth-order valence-corrected chi connectivity index (χ4v) is 5.57. The summed E-state index contributed by atoms with van der Waals surface area (Å²) in [5.74, 6) is -0.383. The van der Waals surface area contributed by atoms with Gasteiger partial charge in [0.1, 0.15) is 11.9 Å². The van der Waals surface area contributed by atoms with Crippen LogP contribution in [0.25, 0.3) is 0 Å². The third kappa shape index (κ3) is 4.25. The summed E-state index contributed by atoms with van der Waals surface area (Å²) in [4.78, 5) is 24.2. The molecule has 8 nitrogen and oxygen atoms in total. The summed E-state index contributed by atoms with van der Waals surface area (Å²) in [6.07, 6.45) is 5.87. The summed E-state index contributed by atoms with van der Waals surface area (Å²) in [7, 11) is 0. The predicted octanol–water partition coefficient (Wildman–Crippen LogP) is 5.80. The summed E-state index contributed by atoms with van der Waals surface area (Å²) in [5, 5.41) is 14.8. The van der Waals surface area contributed by atoms with Gasteiger partial charge >= 0.3 is 0 Å². The molecule has 1 saturated heterocycles. The first-order chi connectivity index (χ1) is 18.7. The molecule has 3 aromatic rings. The van der Waals surface area contributed by atoms with Crippen LogP contribution < -0.4 is 9.80 Å². The number of carbonyl (C=O) groups excluding carboxylic acids is 1. The summed E-state index contributed by atoms with van der Waals surface area (Å²) in [5.41, 5.74) is 0.843. The number of aliphatic imine (C=N–C) groups is 1. The Bertz CT molecular complexity index is 1540. The van der Waals surface area contributed by atoms with Crippen LogP contribution in [0.2, 0.25) is 5.02 Å². The van der Waals surface area contributed by atoms with Gasteiger partial charge in [-0.05, 0) is 43.9 Å². The van der Waals surface area contributed by atoms with Crippen molar-refractivity contribution in [1.82, 2.24) is 14.8 Å². The number of halogens is 4. The Kier molecular flexibility index (Phi) is 6.13. The number of rotatable bonds is 6. The zero-order valence-corrected chi connectivity index (χ0v) is 21.7. The number of hydrogen-bond acceptors (Lipinski definition) is 6. The van der Waals surface area contributed by atoms with Crippen LogP contribution in [0.15, 0.2) is 54.2 Å². The minimum atomic E-state index is -2.92. The number of alkyl halides is 2. The van der Waals surface area contributed by atoms with Crippen LogP contribution in [0.3, 0.4) is 0 Å². The van der Waals surface area contributed by atoms with E-state index in [0.29, 0.717) is 29.4 Å². The molecule has 0 radical (unpaired) electrons. The number of piperidine rings is 1. The zero-order valence-electron chi connectivity index (χ0n) is 21.0. The highest BCUT2D eigenvalue weighted by Crippen LogP contribution is 2.48. The molecule has 4 heterocycles. The molecule has 2 aromatic heterocycles. The number of amides is 1. The fourth-order valence-electron chi connectivity index (χ4n) is 5.40. The Morgan fingerprint density at radius 1 is 1.23 bits per heavy atom. The number of aromatic nitrogens is 3. The Hall–Kier alpha value is -3.86. The average Bonchev–Trinajstić information content (AvgIpc) is 3.37. The molecule has 1 aliphatic carbocycles. The SMILES string of the molecule is CC1=NC=CN(c2cnn([C@H](C)c3cnc(N4C[C@H]5C[C@H]5C4=O)c(O)c3)c2)C1c1c(C(F)F)ccc(Cl)c1F. The molecule has 1 amide bonds. The van der Waals surface area contributed by atoms with Crippen LogP contribution in [0.1, 0.15) is 55.5 Å². The van der Waals surface area contributed by atoms with Crippen molar-refractivity contribution in [1.29, 1.82) is 0 Å². The van der Waals surface area contributed by atoms with Gasteiger partial charge in [0.15, 0.2) is 11.6 Å². The number of anilines is 2. The Balaban J connectivity index is 1.30.